The van der Waals surface area contributed by atoms with Crippen LogP contribution in [0.4, 0.5) is 11.4 Å². The molecule has 0 radical (unpaired) electrons. The largest absolute Gasteiger partial charge is 0.396 e. The summed E-state index contributed by atoms with van der Waals surface area (Å²) in [5.74, 6) is 0.852. The molecule has 3 rings (SSSR count). The Morgan fingerprint density at radius 2 is 1.80 bits per heavy atom. The Bertz CT molecular complexity index is 449. The fourth-order valence-electron chi connectivity index (χ4n) is 3.49. The first-order valence-corrected chi connectivity index (χ1v) is 8.13. The number of rotatable bonds is 3. The smallest absolute Gasteiger partial charge is 0.0741 e. The van der Waals surface area contributed by atoms with Crippen molar-refractivity contribution < 1.29 is 0 Å². The van der Waals surface area contributed by atoms with Gasteiger partial charge in [0.15, 0.2) is 0 Å². The van der Waals surface area contributed by atoms with E-state index in [1.54, 1.807) is 0 Å². The maximum atomic E-state index is 6.12. The maximum Gasteiger partial charge on any atom is 0.0741 e. The average Bonchev–Trinajstić information content (AvgIpc) is 2.96. The SMILES string of the molecule is Nc1c(Cl)cccc1N1CCC(CN2CCCC2)CC1. The summed E-state index contributed by atoms with van der Waals surface area (Å²) in [6.07, 6.45) is 5.31. The van der Waals surface area contributed by atoms with Crippen molar-refractivity contribution in [3.05, 3.63) is 23.2 Å². The van der Waals surface area contributed by atoms with E-state index < -0.39 is 0 Å². The van der Waals surface area contributed by atoms with Crippen LogP contribution < -0.4 is 10.6 Å². The van der Waals surface area contributed by atoms with Crippen molar-refractivity contribution in [3.8, 4) is 0 Å². The van der Waals surface area contributed by atoms with Gasteiger partial charge in [0.25, 0.3) is 0 Å². The molecule has 0 unspecified atom stereocenters. The van der Waals surface area contributed by atoms with Crippen LogP contribution in [0.3, 0.4) is 0 Å². The number of piperidine rings is 1. The van der Waals surface area contributed by atoms with Crippen molar-refractivity contribution in [1.29, 1.82) is 0 Å². The molecule has 0 aliphatic carbocycles. The van der Waals surface area contributed by atoms with Crippen molar-refractivity contribution >= 4 is 23.0 Å². The predicted molar refractivity (Wildman–Crippen MR) is 86.5 cm³/mol. The minimum atomic E-state index is 0.668. The fourth-order valence-corrected chi connectivity index (χ4v) is 3.66. The molecule has 4 heteroatoms. The lowest BCUT2D eigenvalue weighted by molar-refractivity contribution is 0.249. The van der Waals surface area contributed by atoms with E-state index in [-0.39, 0.29) is 0 Å². The lowest BCUT2D eigenvalue weighted by Crippen LogP contribution is -2.38. The summed E-state index contributed by atoms with van der Waals surface area (Å²) in [6, 6.07) is 5.94. The van der Waals surface area contributed by atoms with Gasteiger partial charge in [-0.15, -0.1) is 0 Å². The summed E-state index contributed by atoms with van der Waals surface area (Å²) in [5, 5.41) is 0.668. The Morgan fingerprint density at radius 3 is 2.50 bits per heavy atom. The minimum Gasteiger partial charge on any atom is -0.396 e. The zero-order valence-corrected chi connectivity index (χ0v) is 12.8. The molecule has 2 aliphatic rings. The summed E-state index contributed by atoms with van der Waals surface area (Å²) in [4.78, 5) is 5.02. The number of benzene rings is 1. The molecule has 2 N–H and O–H groups in total. The van der Waals surface area contributed by atoms with Gasteiger partial charge in [-0.25, -0.2) is 0 Å². The number of anilines is 2. The first kappa shape index (κ1) is 14.0. The van der Waals surface area contributed by atoms with Crippen LogP contribution in [0, 0.1) is 5.92 Å². The molecular formula is C16H24ClN3. The molecular weight excluding hydrogens is 270 g/mol. The van der Waals surface area contributed by atoms with Crippen molar-refractivity contribution in [2.45, 2.75) is 25.7 Å². The van der Waals surface area contributed by atoms with Crippen LogP contribution >= 0.6 is 11.6 Å². The molecule has 2 fully saturated rings. The second kappa shape index (κ2) is 6.23. The molecule has 0 amide bonds. The third-order valence-corrected chi connectivity index (χ3v) is 5.03. The van der Waals surface area contributed by atoms with E-state index >= 15 is 0 Å². The van der Waals surface area contributed by atoms with Gasteiger partial charge >= 0.3 is 0 Å². The number of nitrogen functional groups attached to an aromatic ring is 1. The molecule has 20 heavy (non-hydrogen) atoms. The Morgan fingerprint density at radius 1 is 1.10 bits per heavy atom. The summed E-state index contributed by atoms with van der Waals surface area (Å²) < 4.78 is 0. The highest BCUT2D eigenvalue weighted by Gasteiger charge is 2.23. The summed E-state index contributed by atoms with van der Waals surface area (Å²) in [7, 11) is 0. The molecule has 0 spiro atoms. The molecule has 0 bridgehead atoms. The number of halogens is 1. The third-order valence-electron chi connectivity index (χ3n) is 4.70. The molecule has 1 aromatic carbocycles. The van der Waals surface area contributed by atoms with E-state index in [1.165, 1.54) is 45.3 Å². The Kier molecular flexibility index (Phi) is 4.37. The molecule has 3 nitrogen and oxygen atoms in total. The van der Waals surface area contributed by atoms with Crippen LogP contribution in [0.15, 0.2) is 18.2 Å². The second-order valence-electron chi connectivity index (χ2n) is 6.11. The zero-order valence-electron chi connectivity index (χ0n) is 12.0. The lowest BCUT2D eigenvalue weighted by Gasteiger charge is -2.35. The van der Waals surface area contributed by atoms with Gasteiger partial charge in [-0.05, 0) is 56.8 Å². The van der Waals surface area contributed by atoms with Crippen LogP contribution in [-0.2, 0) is 0 Å². The van der Waals surface area contributed by atoms with E-state index in [1.807, 2.05) is 12.1 Å². The van der Waals surface area contributed by atoms with Crippen molar-refractivity contribution in [1.82, 2.24) is 4.90 Å². The standard InChI is InChI=1S/C16H24ClN3/c17-14-4-3-5-15(16(14)18)20-10-6-13(7-11-20)12-19-8-1-2-9-19/h3-5,13H,1-2,6-12,18H2. The van der Waals surface area contributed by atoms with Gasteiger partial charge in [-0.2, -0.15) is 0 Å². The molecule has 1 aromatic rings. The first-order chi connectivity index (χ1) is 9.74. The summed E-state index contributed by atoms with van der Waals surface area (Å²) in [5.41, 5.74) is 7.94. The van der Waals surface area contributed by atoms with Gasteiger partial charge in [0, 0.05) is 19.6 Å². The van der Waals surface area contributed by atoms with Crippen LogP contribution in [0.2, 0.25) is 5.02 Å². The maximum absolute atomic E-state index is 6.12. The Hall–Kier alpha value is -0.930. The van der Waals surface area contributed by atoms with E-state index in [9.17, 15) is 0 Å². The fraction of sp³-hybridized carbons (Fsp3) is 0.625. The second-order valence-corrected chi connectivity index (χ2v) is 6.52. The van der Waals surface area contributed by atoms with Crippen molar-refractivity contribution in [2.75, 3.05) is 43.4 Å². The van der Waals surface area contributed by atoms with E-state index in [0.717, 1.165) is 30.4 Å². The normalized spacial score (nSPS) is 21.6. The highest BCUT2D eigenvalue weighted by atomic mass is 35.5. The van der Waals surface area contributed by atoms with E-state index in [0.29, 0.717) is 5.02 Å². The molecule has 2 aliphatic heterocycles. The quantitative estimate of drug-likeness (QED) is 0.869. The molecule has 110 valence electrons. The lowest BCUT2D eigenvalue weighted by atomic mass is 9.95. The van der Waals surface area contributed by atoms with E-state index in [4.69, 9.17) is 17.3 Å². The van der Waals surface area contributed by atoms with Crippen LogP contribution in [0.5, 0.6) is 0 Å². The Balaban J connectivity index is 1.56. The number of likely N-dealkylation sites (tertiary alicyclic amines) is 1. The van der Waals surface area contributed by atoms with Crippen LogP contribution in [-0.4, -0.2) is 37.6 Å². The van der Waals surface area contributed by atoms with Gasteiger partial charge in [0.2, 0.25) is 0 Å². The summed E-state index contributed by atoms with van der Waals surface area (Å²) >= 11 is 6.12. The van der Waals surface area contributed by atoms with Crippen molar-refractivity contribution in [2.24, 2.45) is 5.92 Å². The van der Waals surface area contributed by atoms with Gasteiger partial charge in [0.05, 0.1) is 16.4 Å². The molecule has 0 saturated carbocycles. The van der Waals surface area contributed by atoms with Crippen molar-refractivity contribution in [3.63, 3.8) is 0 Å². The van der Waals surface area contributed by atoms with Gasteiger partial charge < -0.3 is 15.5 Å². The van der Waals surface area contributed by atoms with Gasteiger partial charge in [0.1, 0.15) is 0 Å². The topological polar surface area (TPSA) is 32.5 Å². The highest BCUT2D eigenvalue weighted by molar-refractivity contribution is 6.33. The van der Waals surface area contributed by atoms with Crippen LogP contribution in [0.25, 0.3) is 0 Å². The highest BCUT2D eigenvalue weighted by Crippen LogP contribution is 2.33. The number of para-hydroxylation sites is 1. The molecule has 2 saturated heterocycles. The molecule has 0 aromatic heterocycles. The van der Waals surface area contributed by atoms with Crippen LogP contribution in [0.1, 0.15) is 25.7 Å². The monoisotopic (exact) mass is 293 g/mol. The molecule has 0 atom stereocenters. The number of nitrogens with two attached hydrogens (primary N) is 1. The molecule has 2 heterocycles. The van der Waals surface area contributed by atoms with E-state index in [2.05, 4.69) is 15.9 Å². The summed E-state index contributed by atoms with van der Waals surface area (Å²) in [6.45, 7) is 6.11. The van der Waals surface area contributed by atoms with Gasteiger partial charge in [-0.3, -0.25) is 0 Å². The number of nitrogens with zero attached hydrogens (tertiary/aromatic N) is 2. The Labute approximate surface area is 126 Å². The first-order valence-electron chi connectivity index (χ1n) is 7.75. The number of hydrogen-bond acceptors (Lipinski definition) is 3. The predicted octanol–water partition coefficient (Wildman–Crippen LogP) is 3.23. The average molecular weight is 294 g/mol. The third kappa shape index (κ3) is 3.04. The zero-order chi connectivity index (χ0) is 13.9. The van der Waals surface area contributed by atoms with Gasteiger partial charge in [-0.1, -0.05) is 17.7 Å². The number of hydrogen-bond donors (Lipinski definition) is 1. The minimum absolute atomic E-state index is 0.668.